The smallest absolute Gasteiger partial charge is 0.411 e. The topological polar surface area (TPSA) is 81.7 Å². The maximum absolute atomic E-state index is 12.2. The predicted octanol–water partition coefficient (Wildman–Crippen LogP) is 3.48. The van der Waals surface area contributed by atoms with Gasteiger partial charge in [0.25, 0.3) is 0 Å². The summed E-state index contributed by atoms with van der Waals surface area (Å²) in [6, 6.07) is 11.4. The van der Waals surface area contributed by atoms with Crippen LogP contribution in [0.25, 0.3) is 0 Å². The average molecular weight is 460 g/mol. The molecule has 1 aliphatic heterocycles. The van der Waals surface area contributed by atoms with Crippen molar-refractivity contribution in [1.82, 2.24) is 4.90 Å². The minimum atomic E-state index is -0.523. The molecule has 1 N–H and O–H groups in total. The molecule has 9 nitrogen and oxygen atoms in total. The van der Waals surface area contributed by atoms with Gasteiger partial charge in [-0.3, -0.25) is 10.2 Å². The van der Waals surface area contributed by atoms with E-state index in [1.165, 1.54) is 21.3 Å². The standard InChI is InChI=1S/C24H33N3O6/c1-29-20-9-6-5-8-19(20)27-13-11-26(12-14-27)10-7-15-33-24(28)25-18-16-21(30-2)23(32-4)22(17-18)31-3/h5-6,8-9,16-17H,7,10-15H2,1-4H3,(H,25,28). The van der Waals surface area contributed by atoms with Crippen molar-refractivity contribution in [3.8, 4) is 23.0 Å². The van der Waals surface area contributed by atoms with Gasteiger partial charge in [-0.15, -0.1) is 0 Å². The van der Waals surface area contributed by atoms with Crippen LogP contribution < -0.4 is 29.2 Å². The molecule has 0 aliphatic carbocycles. The Kier molecular flexibility index (Phi) is 8.88. The van der Waals surface area contributed by atoms with E-state index in [4.69, 9.17) is 23.7 Å². The fourth-order valence-corrected chi connectivity index (χ4v) is 3.86. The number of ether oxygens (including phenoxy) is 5. The van der Waals surface area contributed by atoms with Crippen molar-refractivity contribution in [3.05, 3.63) is 36.4 Å². The molecule has 0 saturated carbocycles. The third-order valence-corrected chi connectivity index (χ3v) is 5.56. The average Bonchev–Trinajstić information content (AvgIpc) is 2.86. The molecule has 2 aromatic carbocycles. The number of para-hydroxylation sites is 2. The number of carbonyl (C=O) groups is 1. The van der Waals surface area contributed by atoms with Gasteiger partial charge >= 0.3 is 6.09 Å². The predicted molar refractivity (Wildman–Crippen MR) is 127 cm³/mol. The summed E-state index contributed by atoms with van der Waals surface area (Å²) in [6.45, 7) is 4.98. The number of amides is 1. The lowest BCUT2D eigenvalue weighted by Gasteiger charge is -2.36. The fourth-order valence-electron chi connectivity index (χ4n) is 3.86. The van der Waals surface area contributed by atoms with Crippen LogP contribution >= 0.6 is 0 Å². The lowest BCUT2D eigenvalue weighted by atomic mass is 10.2. The Hall–Kier alpha value is -3.33. The number of anilines is 2. The van der Waals surface area contributed by atoms with Gasteiger partial charge < -0.3 is 28.6 Å². The minimum absolute atomic E-state index is 0.336. The summed E-state index contributed by atoms with van der Waals surface area (Å²) in [5.74, 6) is 2.28. The highest BCUT2D eigenvalue weighted by Gasteiger charge is 2.19. The Balaban J connectivity index is 1.40. The maximum atomic E-state index is 12.2. The molecule has 1 amide bonds. The number of piperazine rings is 1. The van der Waals surface area contributed by atoms with Crippen LogP contribution in [0.2, 0.25) is 0 Å². The zero-order valence-electron chi connectivity index (χ0n) is 19.8. The van der Waals surface area contributed by atoms with Crippen LogP contribution in [-0.4, -0.2) is 78.8 Å². The number of nitrogens with zero attached hydrogens (tertiary/aromatic N) is 2. The molecule has 0 unspecified atom stereocenters. The van der Waals surface area contributed by atoms with Gasteiger partial charge in [0.1, 0.15) is 5.75 Å². The largest absolute Gasteiger partial charge is 0.495 e. The van der Waals surface area contributed by atoms with Crippen LogP contribution in [0.15, 0.2) is 36.4 Å². The van der Waals surface area contributed by atoms with E-state index in [9.17, 15) is 4.79 Å². The summed E-state index contributed by atoms with van der Waals surface area (Å²) in [6.07, 6.45) is 0.238. The van der Waals surface area contributed by atoms with Crippen LogP contribution in [-0.2, 0) is 4.74 Å². The molecule has 180 valence electrons. The highest BCUT2D eigenvalue weighted by Crippen LogP contribution is 2.40. The first-order chi connectivity index (χ1) is 16.1. The fraction of sp³-hybridized carbons (Fsp3) is 0.458. The summed E-state index contributed by atoms with van der Waals surface area (Å²) in [5.41, 5.74) is 1.63. The van der Waals surface area contributed by atoms with Crippen molar-refractivity contribution in [1.29, 1.82) is 0 Å². The first-order valence-corrected chi connectivity index (χ1v) is 10.9. The zero-order valence-corrected chi connectivity index (χ0v) is 19.8. The Morgan fingerprint density at radius 3 is 2.12 bits per heavy atom. The van der Waals surface area contributed by atoms with Crippen LogP contribution in [0, 0.1) is 0 Å². The normalized spacial score (nSPS) is 13.9. The third kappa shape index (κ3) is 6.35. The number of hydrogen-bond donors (Lipinski definition) is 1. The molecular weight excluding hydrogens is 426 g/mol. The van der Waals surface area contributed by atoms with Gasteiger partial charge in [-0.1, -0.05) is 12.1 Å². The van der Waals surface area contributed by atoms with Crippen LogP contribution in [0.1, 0.15) is 6.42 Å². The molecule has 33 heavy (non-hydrogen) atoms. The number of carbonyl (C=O) groups excluding carboxylic acids is 1. The molecule has 0 radical (unpaired) electrons. The molecule has 2 aromatic rings. The van der Waals surface area contributed by atoms with Crippen molar-refractivity contribution in [3.63, 3.8) is 0 Å². The Morgan fingerprint density at radius 2 is 1.52 bits per heavy atom. The second-order valence-corrected chi connectivity index (χ2v) is 7.53. The van der Waals surface area contributed by atoms with Gasteiger partial charge in [-0.05, 0) is 18.6 Å². The first kappa shape index (κ1) is 24.3. The monoisotopic (exact) mass is 459 g/mol. The molecule has 1 aliphatic rings. The lowest BCUT2D eigenvalue weighted by molar-refractivity contribution is 0.151. The summed E-state index contributed by atoms with van der Waals surface area (Å²) in [5, 5.41) is 2.71. The van der Waals surface area contributed by atoms with E-state index in [1.807, 2.05) is 18.2 Å². The zero-order chi connectivity index (χ0) is 23.6. The summed E-state index contributed by atoms with van der Waals surface area (Å²) < 4.78 is 26.7. The second kappa shape index (κ2) is 12.1. The number of hydrogen-bond acceptors (Lipinski definition) is 8. The van der Waals surface area contributed by atoms with Gasteiger partial charge in [-0.2, -0.15) is 0 Å². The van der Waals surface area contributed by atoms with Crippen LogP contribution in [0.5, 0.6) is 23.0 Å². The third-order valence-electron chi connectivity index (χ3n) is 5.56. The Morgan fingerprint density at radius 1 is 0.879 bits per heavy atom. The molecule has 3 rings (SSSR count). The summed E-state index contributed by atoms with van der Waals surface area (Å²) in [7, 11) is 6.28. The minimum Gasteiger partial charge on any atom is -0.495 e. The van der Waals surface area contributed by atoms with Gasteiger partial charge in [0.05, 0.1) is 46.4 Å². The van der Waals surface area contributed by atoms with Crippen molar-refractivity contribution in [2.45, 2.75) is 6.42 Å². The lowest BCUT2D eigenvalue weighted by Crippen LogP contribution is -2.46. The Bertz CT molecular complexity index is 890. The van der Waals surface area contributed by atoms with Crippen molar-refractivity contribution in [2.24, 2.45) is 0 Å². The quantitative estimate of drug-likeness (QED) is 0.541. The molecule has 1 saturated heterocycles. The van der Waals surface area contributed by atoms with Crippen molar-refractivity contribution >= 4 is 17.5 Å². The van der Waals surface area contributed by atoms with E-state index < -0.39 is 6.09 Å². The molecule has 0 aromatic heterocycles. The van der Waals surface area contributed by atoms with Gasteiger partial charge in [-0.25, -0.2) is 4.79 Å². The highest BCUT2D eigenvalue weighted by molar-refractivity contribution is 5.86. The first-order valence-electron chi connectivity index (χ1n) is 10.9. The van der Waals surface area contributed by atoms with Crippen LogP contribution in [0.3, 0.4) is 0 Å². The highest BCUT2D eigenvalue weighted by atomic mass is 16.5. The molecular formula is C24H33N3O6. The molecule has 0 spiro atoms. The van der Waals surface area contributed by atoms with Gasteiger partial charge in [0, 0.05) is 44.9 Å². The van der Waals surface area contributed by atoms with E-state index in [2.05, 4.69) is 21.2 Å². The molecule has 1 heterocycles. The molecule has 9 heteroatoms. The Labute approximate surface area is 195 Å². The number of rotatable bonds is 10. The van der Waals surface area contributed by atoms with E-state index in [-0.39, 0.29) is 0 Å². The van der Waals surface area contributed by atoms with E-state index in [0.29, 0.717) is 29.5 Å². The van der Waals surface area contributed by atoms with E-state index in [1.54, 1.807) is 19.2 Å². The van der Waals surface area contributed by atoms with E-state index >= 15 is 0 Å². The van der Waals surface area contributed by atoms with Crippen molar-refractivity contribution in [2.75, 3.05) is 78.0 Å². The number of methoxy groups -OCH3 is 4. The number of nitrogens with one attached hydrogen (secondary N) is 1. The maximum Gasteiger partial charge on any atom is 0.411 e. The summed E-state index contributed by atoms with van der Waals surface area (Å²) in [4.78, 5) is 16.9. The van der Waals surface area contributed by atoms with Crippen molar-refractivity contribution < 1.29 is 28.5 Å². The van der Waals surface area contributed by atoms with Gasteiger partial charge in [0.15, 0.2) is 11.5 Å². The number of benzene rings is 2. The molecule has 0 atom stereocenters. The summed E-state index contributed by atoms with van der Waals surface area (Å²) >= 11 is 0. The molecule has 0 bridgehead atoms. The second-order valence-electron chi connectivity index (χ2n) is 7.53. The molecule has 1 fully saturated rings. The van der Waals surface area contributed by atoms with Crippen LogP contribution in [0.4, 0.5) is 16.2 Å². The van der Waals surface area contributed by atoms with Gasteiger partial charge in [0.2, 0.25) is 5.75 Å². The SMILES string of the molecule is COc1ccccc1N1CCN(CCCOC(=O)Nc2cc(OC)c(OC)c(OC)c2)CC1. The van der Waals surface area contributed by atoms with E-state index in [0.717, 1.165) is 50.6 Å².